The zero-order valence-electron chi connectivity index (χ0n) is 8.61. The van der Waals surface area contributed by atoms with Crippen LogP contribution >= 0.6 is 0 Å². The van der Waals surface area contributed by atoms with Crippen molar-refractivity contribution >= 4 is 0 Å². The number of hydrogen-bond acceptors (Lipinski definition) is 2. The van der Waals surface area contributed by atoms with Gasteiger partial charge in [-0.15, -0.1) is 0 Å². The molecule has 1 N–H and O–H groups in total. The molecule has 0 atom stereocenters. The van der Waals surface area contributed by atoms with Crippen LogP contribution in [0, 0.1) is 0 Å². The van der Waals surface area contributed by atoms with Gasteiger partial charge in [-0.2, -0.15) is 0 Å². The van der Waals surface area contributed by atoms with Gasteiger partial charge in [0.05, 0.1) is 12.7 Å². The smallest absolute Gasteiger partial charge is 0.0594 e. The molecule has 0 rings (SSSR count). The molecule has 0 spiro atoms. The van der Waals surface area contributed by atoms with Crippen molar-refractivity contribution < 1.29 is 6.16 Å². The fraction of sp³-hybridized carbons (Fsp3) is 1.00. The SMILES string of the molecule is CC.CCNCCOC(C)C.[HH]. The number of rotatable bonds is 5. The largest absolute Gasteiger partial charge is 0.377 e. The topological polar surface area (TPSA) is 21.3 Å². The summed E-state index contributed by atoms with van der Waals surface area (Å²) < 4.78 is 5.28. The Kier molecular flexibility index (Phi) is 15.4. The maximum atomic E-state index is 5.28. The third-order valence-corrected chi connectivity index (χ3v) is 0.980. The van der Waals surface area contributed by atoms with E-state index in [0.29, 0.717) is 6.10 Å². The predicted molar refractivity (Wildman–Crippen MR) is 53.1 cm³/mol. The molecule has 0 aliphatic carbocycles. The Bertz CT molecular complexity index is 60.5. The second kappa shape index (κ2) is 12.6. The van der Waals surface area contributed by atoms with E-state index in [4.69, 9.17) is 4.74 Å². The molecule has 0 aromatic carbocycles. The van der Waals surface area contributed by atoms with Crippen LogP contribution in [0.5, 0.6) is 0 Å². The Morgan fingerprint density at radius 2 is 1.91 bits per heavy atom. The molecule has 0 aliphatic rings. The van der Waals surface area contributed by atoms with Gasteiger partial charge in [-0.1, -0.05) is 20.8 Å². The molecule has 0 unspecified atom stereocenters. The Hall–Kier alpha value is -0.0800. The molecule has 2 nitrogen and oxygen atoms in total. The van der Waals surface area contributed by atoms with Crippen molar-refractivity contribution in [2.24, 2.45) is 0 Å². The van der Waals surface area contributed by atoms with Crippen LogP contribution in [0.15, 0.2) is 0 Å². The Morgan fingerprint density at radius 1 is 1.36 bits per heavy atom. The predicted octanol–water partition coefficient (Wildman–Crippen LogP) is 2.29. The van der Waals surface area contributed by atoms with Crippen LogP contribution in [0.4, 0.5) is 0 Å². The van der Waals surface area contributed by atoms with Crippen LogP contribution in [0.1, 0.15) is 36.0 Å². The summed E-state index contributed by atoms with van der Waals surface area (Å²) in [4.78, 5) is 0. The van der Waals surface area contributed by atoms with Gasteiger partial charge in [0, 0.05) is 7.97 Å². The van der Waals surface area contributed by atoms with Gasteiger partial charge < -0.3 is 10.1 Å². The standard InChI is InChI=1S/C7H17NO.C2H6.H2/c1-4-8-5-6-9-7(2)3;1-2;/h7-8H,4-6H2,1-3H3;1-2H3;1H. The van der Waals surface area contributed by atoms with Gasteiger partial charge in [0.25, 0.3) is 0 Å². The summed E-state index contributed by atoms with van der Waals surface area (Å²) in [7, 11) is 0. The van der Waals surface area contributed by atoms with Crippen LogP contribution < -0.4 is 5.32 Å². The first-order valence-corrected chi connectivity index (χ1v) is 4.59. The van der Waals surface area contributed by atoms with E-state index in [-0.39, 0.29) is 1.43 Å². The summed E-state index contributed by atoms with van der Waals surface area (Å²) >= 11 is 0. The van der Waals surface area contributed by atoms with E-state index < -0.39 is 0 Å². The molecule has 0 saturated carbocycles. The number of hydrogen-bond donors (Lipinski definition) is 1. The summed E-state index contributed by atoms with van der Waals surface area (Å²) in [5, 5.41) is 3.18. The quantitative estimate of drug-likeness (QED) is 0.628. The lowest BCUT2D eigenvalue weighted by Gasteiger charge is -2.06. The van der Waals surface area contributed by atoms with Gasteiger partial charge in [0.15, 0.2) is 0 Å². The lowest BCUT2D eigenvalue weighted by Crippen LogP contribution is -2.20. The molecular formula is C9H25NO. The molecule has 0 heterocycles. The van der Waals surface area contributed by atoms with Gasteiger partial charge in [-0.05, 0) is 20.4 Å². The first-order chi connectivity index (χ1) is 5.27. The van der Waals surface area contributed by atoms with Crippen LogP contribution in [-0.4, -0.2) is 25.8 Å². The second-order valence-electron chi connectivity index (χ2n) is 2.27. The molecule has 0 aliphatic heterocycles. The van der Waals surface area contributed by atoms with E-state index in [1.165, 1.54) is 0 Å². The van der Waals surface area contributed by atoms with Crippen LogP contribution in [0.25, 0.3) is 0 Å². The third-order valence-electron chi connectivity index (χ3n) is 0.980. The fourth-order valence-corrected chi connectivity index (χ4v) is 0.544. The first-order valence-electron chi connectivity index (χ1n) is 4.59. The van der Waals surface area contributed by atoms with Crippen molar-refractivity contribution in [3.63, 3.8) is 0 Å². The number of nitrogens with one attached hydrogen (secondary N) is 1. The maximum absolute atomic E-state index is 5.28. The minimum Gasteiger partial charge on any atom is -0.377 e. The van der Waals surface area contributed by atoms with E-state index >= 15 is 0 Å². The highest BCUT2D eigenvalue weighted by Crippen LogP contribution is 1.84. The van der Waals surface area contributed by atoms with Crippen LogP contribution in [0.2, 0.25) is 0 Å². The molecular weight excluding hydrogens is 138 g/mol. The summed E-state index contributed by atoms with van der Waals surface area (Å²) in [6.45, 7) is 13.0. The molecule has 0 aromatic rings. The lowest BCUT2D eigenvalue weighted by atomic mass is 10.5. The zero-order chi connectivity index (χ0) is 9.11. The van der Waals surface area contributed by atoms with E-state index in [9.17, 15) is 0 Å². The van der Waals surface area contributed by atoms with E-state index in [1.54, 1.807) is 0 Å². The van der Waals surface area contributed by atoms with Gasteiger partial charge >= 0.3 is 0 Å². The Labute approximate surface area is 72.8 Å². The van der Waals surface area contributed by atoms with Crippen molar-refractivity contribution in [2.75, 3.05) is 19.7 Å². The fourth-order valence-electron chi connectivity index (χ4n) is 0.544. The molecule has 2 heteroatoms. The molecule has 0 bridgehead atoms. The van der Waals surface area contributed by atoms with Gasteiger partial charge in [-0.25, -0.2) is 0 Å². The van der Waals surface area contributed by atoms with Gasteiger partial charge in [-0.3, -0.25) is 0 Å². The summed E-state index contributed by atoms with van der Waals surface area (Å²) in [6, 6.07) is 0. The van der Waals surface area contributed by atoms with Crippen molar-refractivity contribution in [1.82, 2.24) is 5.32 Å². The zero-order valence-corrected chi connectivity index (χ0v) is 8.61. The molecule has 0 amide bonds. The molecule has 11 heavy (non-hydrogen) atoms. The second-order valence-corrected chi connectivity index (χ2v) is 2.27. The summed E-state index contributed by atoms with van der Waals surface area (Å²) in [5.41, 5.74) is 0. The highest BCUT2D eigenvalue weighted by Gasteiger charge is 1.89. The first kappa shape index (κ1) is 13.5. The normalized spacial score (nSPS) is 9.27. The van der Waals surface area contributed by atoms with Crippen molar-refractivity contribution in [3.05, 3.63) is 0 Å². The van der Waals surface area contributed by atoms with E-state index in [0.717, 1.165) is 19.7 Å². The number of likely N-dealkylation sites (N-methyl/N-ethyl adjacent to an activating group) is 1. The molecule has 72 valence electrons. The van der Waals surface area contributed by atoms with E-state index in [1.807, 2.05) is 27.7 Å². The van der Waals surface area contributed by atoms with Crippen LogP contribution in [0.3, 0.4) is 0 Å². The van der Waals surface area contributed by atoms with Crippen molar-refractivity contribution in [1.29, 1.82) is 0 Å². The molecule has 0 saturated heterocycles. The molecule has 0 aromatic heterocycles. The van der Waals surface area contributed by atoms with Crippen LogP contribution in [-0.2, 0) is 4.74 Å². The summed E-state index contributed by atoms with van der Waals surface area (Å²) in [6.07, 6.45) is 0.364. The third kappa shape index (κ3) is 17.8. The molecule has 0 fully saturated rings. The highest BCUT2D eigenvalue weighted by molar-refractivity contribution is 4.42. The van der Waals surface area contributed by atoms with Crippen molar-refractivity contribution in [3.8, 4) is 0 Å². The Morgan fingerprint density at radius 3 is 2.27 bits per heavy atom. The van der Waals surface area contributed by atoms with E-state index in [2.05, 4.69) is 12.2 Å². The molecule has 0 radical (unpaired) electrons. The average Bonchev–Trinajstić information content (AvgIpc) is 2.02. The van der Waals surface area contributed by atoms with Crippen molar-refractivity contribution in [2.45, 2.75) is 40.7 Å². The summed E-state index contributed by atoms with van der Waals surface area (Å²) in [5.74, 6) is 0. The van der Waals surface area contributed by atoms with Gasteiger partial charge in [0.2, 0.25) is 0 Å². The average molecular weight is 163 g/mol. The Balaban J connectivity index is -0.000000249. The monoisotopic (exact) mass is 163 g/mol. The number of ether oxygens (including phenoxy) is 1. The lowest BCUT2D eigenvalue weighted by molar-refractivity contribution is 0.0811. The minimum atomic E-state index is 0. The maximum Gasteiger partial charge on any atom is 0.0594 e. The van der Waals surface area contributed by atoms with Gasteiger partial charge in [0.1, 0.15) is 0 Å². The highest BCUT2D eigenvalue weighted by atomic mass is 16.5. The minimum absolute atomic E-state index is 0.